The largest absolute Gasteiger partial charge is 0.395 e. The first-order chi connectivity index (χ1) is 13.5. The van der Waals surface area contributed by atoms with Crippen LogP contribution in [0.3, 0.4) is 0 Å². The lowest BCUT2D eigenvalue weighted by Crippen LogP contribution is -2.43. The minimum absolute atomic E-state index is 0. The number of halogens is 1. The molecule has 1 atom stereocenters. The molecule has 3 rings (SSSR count). The molecule has 0 spiro atoms. The van der Waals surface area contributed by atoms with E-state index in [2.05, 4.69) is 10.6 Å². The number of benzene rings is 1. The third-order valence-corrected chi connectivity index (χ3v) is 7.00. The van der Waals surface area contributed by atoms with Crippen LogP contribution < -0.4 is 10.6 Å². The van der Waals surface area contributed by atoms with Crippen molar-refractivity contribution in [2.75, 3.05) is 19.7 Å². The van der Waals surface area contributed by atoms with Gasteiger partial charge in [-0.15, -0.1) is 0 Å². The van der Waals surface area contributed by atoms with Crippen LogP contribution in [0.15, 0.2) is 18.2 Å². The summed E-state index contributed by atoms with van der Waals surface area (Å²) in [6.07, 6.45) is 11.0. The number of amides is 1. The number of hydrogen-bond acceptors (Lipinski definition) is 3. The molecule has 2 aliphatic carbocycles. The summed E-state index contributed by atoms with van der Waals surface area (Å²) in [5.74, 6) is 0.828. The third kappa shape index (κ3) is 6.70. The average Bonchev–Trinajstić information content (AvgIpc) is 2.70. The molecule has 5 heteroatoms. The number of nitrogens with one attached hydrogen (secondary N) is 2. The highest BCUT2D eigenvalue weighted by atomic mass is 35.5. The van der Waals surface area contributed by atoms with Gasteiger partial charge in [0.05, 0.1) is 17.2 Å². The van der Waals surface area contributed by atoms with E-state index in [0.717, 1.165) is 37.4 Å². The van der Waals surface area contributed by atoms with Gasteiger partial charge in [0.25, 0.3) is 5.91 Å². The summed E-state index contributed by atoms with van der Waals surface area (Å²) >= 11 is 6.34. The van der Waals surface area contributed by atoms with Crippen LogP contribution in [0.1, 0.15) is 81.6 Å². The van der Waals surface area contributed by atoms with E-state index in [9.17, 15) is 4.79 Å². The van der Waals surface area contributed by atoms with Gasteiger partial charge in [0, 0.05) is 12.6 Å². The van der Waals surface area contributed by atoms with Gasteiger partial charge in [-0.3, -0.25) is 4.79 Å². The van der Waals surface area contributed by atoms with Crippen LogP contribution >= 0.6 is 11.6 Å². The molecular formula is C24H39ClN2O2. The van der Waals surface area contributed by atoms with Gasteiger partial charge < -0.3 is 15.7 Å². The highest BCUT2D eigenvalue weighted by Gasteiger charge is 2.39. The van der Waals surface area contributed by atoms with Gasteiger partial charge in [-0.05, 0) is 74.6 Å². The monoisotopic (exact) mass is 422 g/mol. The Labute approximate surface area is 181 Å². The fourth-order valence-electron chi connectivity index (χ4n) is 5.04. The molecular weight excluding hydrogens is 384 g/mol. The number of rotatable bonds is 9. The Bertz CT molecular complexity index is 654. The lowest BCUT2D eigenvalue weighted by molar-refractivity contribution is 0.0681. The summed E-state index contributed by atoms with van der Waals surface area (Å²) in [4.78, 5) is 12.8. The van der Waals surface area contributed by atoms with Crippen LogP contribution in [0.2, 0.25) is 5.02 Å². The van der Waals surface area contributed by atoms with E-state index >= 15 is 0 Å². The van der Waals surface area contributed by atoms with E-state index in [0.29, 0.717) is 16.0 Å². The Morgan fingerprint density at radius 1 is 1.31 bits per heavy atom. The zero-order valence-corrected chi connectivity index (χ0v) is 17.9. The predicted octanol–water partition coefficient (Wildman–Crippen LogP) is 4.97. The molecule has 1 amide bonds. The molecule has 0 heterocycles. The lowest BCUT2D eigenvalue weighted by Gasteiger charge is -2.45. The molecule has 0 aliphatic heterocycles. The Balaban J connectivity index is 0.00000300. The van der Waals surface area contributed by atoms with E-state index in [1.807, 2.05) is 25.1 Å². The topological polar surface area (TPSA) is 61.4 Å². The molecule has 2 saturated carbocycles. The molecule has 164 valence electrons. The van der Waals surface area contributed by atoms with Gasteiger partial charge in [-0.1, -0.05) is 50.8 Å². The van der Waals surface area contributed by atoms with Crippen LogP contribution in [-0.2, 0) is 6.42 Å². The zero-order valence-electron chi connectivity index (χ0n) is 17.1. The van der Waals surface area contributed by atoms with Crippen molar-refractivity contribution in [3.8, 4) is 0 Å². The number of carbonyl (C=O) groups excluding carboxylic acids is 1. The van der Waals surface area contributed by atoms with Gasteiger partial charge in [0.1, 0.15) is 0 Å². The van der Waals surface area contributed by atoms with Gasteiger partial charge in [-0.2, -0.15) is 0 Å². The number of carbonyl (C=O) groups is 1. The Morgan fingerprint density at radius 3 is 2.72 bits per heavy atom. The van der Waals surface area contributed by atoms with E-state index in [1.54, 1.807) is 0 Å². The molecule has 2 aliphatic rings. The molecule has 1 aromatic carbocycles. The summed E-state index contributed by atoms with van der Waals surface area (Å²) in [6, 6.07) is 5.89. The highest BCUT2D eigenvalue weighted by molar-refractivity contribution is 6.33. The quantitative estimate of drug-likeness (QED) is 0.492. The van der Waals surface area contributed by atoms with E-state index in [-0.39, 0.29) is 26.0 Å². The van der Waals surface area contributed by atoms with Crippen LogP contribution in [0.25, 0.3) is 0 Å². The molecule has 29 heavy (non-hydrogen) atoms. The number of fused-ring (bicyclic) bond motifs is 2. The second-order valence-corrected chi connectivity index (χ2v) is 9.40. The predicted molar refractivity (Wildman–Crippen MR) is 122 cm³/mol. The van der Waals surface area contributed by atoms with Crippen LogP contribution in [0.4, 0.5) is 0 Å². The van der Waals surface area contributed by atoms with Crippen molar-refractivity contribution in [2.45, 2.75) is 78.2 Å². The first-order valence-corrected chi connectivity index (χ1v) is 11.3. The standard InChI is InChI=1S/C23H35ClN2O2.CH4/c1-17(15-27)25-12-4-7-18-8-9-21(24)20(13-18)22(28)26-16-23-10-2-5-19(14-23)6-3-11-23;/h8-9,13,17,19,25,27H,2-7,10-12,14-16H2,1H3,(H,26,28);1H4. The summed E-state index contributed by atoms with van der Waals surface area (Å²) < 4.78 is 0. The lowest BCUT2D eigenvalue weighted by atomic mass is 9.62. The number of hydrogen-bond donors (Lipinski definition) is 3. The molecule has 2 fully saturated rings. The normalized spacial score (nSPS) is 24.4. The fraction of sp³-hybridized carbons (Fsp3) is 0.708. The van der Waals surface area contributed by atoms with Crippen molar-refractivity contribution in [3.05, 3.63) is 34.3 Å². The highest BCUT2D eigenvalue weighted by Crippen LogP contribution is 2.48. The van der Waals surface area contributed by atoms with Gasteiger partial charge in [0.15, 0.2) is 0 Å². The van der Waals surface area contributed by atoms with Crippen LogP contribution in [0, 0.1) is 11.3 Å². The first kappa shape index (κ1) is 24.2. The number of aliphatic hydroxyl groups excluding tert-OH is 1. The molecule has 0 radical (unpaired) electrons. The number of aryl methyl sites for hydroxylation is 1. The Kier molecular flexibility index (Phi) is 9.45. The average molecular weight is 423 g/mol. The molecule has 3 N–H and O–H groups in total. The summed E-state index contributed by atoms with van der Waals surface area (Å²) in [5, 5.41) is 16.1. The second-order valence-electron chi connectivity index (χ2n) is 8.99. The maximum atomic E-state index is 12.8. The summed E-state index contributed by atoms with van der Waals surface area (Å²) in [6.45, 7) is 3.74. The molecule has 0 aromatic heterocycles. The Hall–Kier alpha value is -1.10. The Morgan fingerprint density at radius 2 is 2.03 bits per heavy atom. The molecule has 0 saturated heterocycles. The van der Waals surface area contributed by atoms with Crippen molar-refractivity contribution in [3.63, 3.8) is 0 Å². The van der Waals surface area contributed by atoms with E-state index in [1.165, 1.54) is 44.9 Å². The van der Waals surface area contributed by atoms with Crippen molar-refractivity contribution < 1.29 is 9.90 Å². The van der Waals surface area contributed by atoms with E-state index in [4.69, 9.17) is 16.7 Å². The van der Waals surface area contributed by atoms with Gasteiger partial charge in [-0.25, -0.2) is 0 Å². The van der Waals surface area contributed by atoms with Crippen LogP contribution in [-0.4, -0.2) is 36.8 Å². The first-order valence-electron chi connectivity index (χ1n) is 10.9. The number of aliphatic hydroxyl groups is 1. The maximum absolute atomic E-state index is 12.8. The molecule has 4 nitrogen and oxygen atoms in total. The SMILES string of the molecule is C.CC(CO)NCCCc1ccc(Cl)c(C(=O)NCC23CCCC(CCC2)C3)c1. The zero-order chi connectivity index (χ0) is 20.0. The molecule has 2 bridgehead atoms. The fourth-order valence-corrected chi connectivity index (χ4v) is 5.24. The van der Waals surface area contributed by atoms with Gasteiger partial charge in [0.2, 0.25) is 0 Å². The van der Waals surface area contributed by atoms with E-state index < -0.39 is 0 Å². The van der Waals surface area contributed by atoms with Crippen molar-refractivity contribution >= 4 is 17.5 Å². The molecule has 1 unspecified atom stereocenters. The summed E-state index contributed by atoms with van der Waals surface area (Å²) in [5.41, 5.74) is 2.03. The second kappa shape index (κ2) is 11.3. The summed E-state index contributed by atoms with van der Waals surface area (Å²) in [7, 11) is 0. The van der Waals surface area contributed by atoms with Crippen molar-refractivity contribution in [1.29, 1.82) is 0 Å². The minimum atomic E-state index is -0.0408. The van der Waals surface area contributed by atoms with Crippen molar-refractivity contribution in [2.24, 2.45) is 11.3 Å². The van der Waals surface area contributed by atoms with Gasteiger partial charge >= 0.3 is 0 Å². The maximum Gasteiger partial charge on any atom is 0.252 e. The van der Waals surface area contributed by atoms with Crippen molar-refractivity contribution in [1.82, 2.24) is 10.6 Å². The third-order valence-electron chi connectivity index (χ3n) is 6.67. The minimum Gasteiger partial charge on any atom is -0.395 e. The smallest absolute Gasteiger partial charge is 0.252 e. The van der Waals surface area contributed by atoms with Crippen LogP contribution in [0.5, 0.6) is 0 Å². The molecule has 1 aromatic rings.